The van der Waals surface area contributed by atoms with Crippen LogP contribution < -0.4 is 5.32 Å². The van der Waals surface area contributed by atoms with Gasteiger partial charge in [-0.15, -0.1) is 5.10 Å². The first-order valence-electron chi connectivity index (χ1n) is 5.71. The van der Waals surface area contributed by atoms with E-state index >= 15 is 0 Å². The Hall–Kier alpha value is -0.590. The van der Waals surface area contributed by atoms with Gasteiger partial charge in [0.15, 0.2) is 0 Å². The molecule has 0 spiro atoms. The molecule has 5 nitrogen and oxygen atoms in total. The summed E-state index contributed by atoms with van der Waals surface area (Å²) in [5, 5.41) is 11.6. The zero-order valence-electron chi connectivity index (χ0n) is 9.08. The first-order valence-corrected chi connectivity index (χ1v) is 6.86. The average Bonchev–Trinajstić information content (AvgIpc) is 2.98. The molecule has 0 aromatic carbocycles. The molecule has 6 heteroatoms. The first-order chi connectivity index (χ1) is 7.93. The highest BCUT2D eigenvalue weighted by Crippen LogP contribution is 2.23. The molecule has 2 fully saturated rings. The Morgan fingerprint density at radius 1 is 1.44 bits per heavy atom. The molecule has 1 aromatic rings. The van der Waals surface area contributed by atoms with Crippen LogP contribution in [0.2, 0.25) is 0 Å². The van der Waals surface area contributed by atoms with Crippen molar-refractivity contribution >= 4 is 11.8 Å². The molecule has 1 N–H and O–H groups in total. The number of nitrogens with zero attached hydrogens (tertiary/aromatic N) is 3. The standard InChI is InChI=1S/C10H16N4OS/c1-4-16-7-8(1)12-9-5-15-6-10(9)14-3-2-11-13-14/h2-3,8-10,12H,1,4-7H2/t8?,9-,10+/m0/s1. The monoisotopic (exact) mass is 240 g/mol. The van der Waals surface area contributed by atoms with Crippen molar-refractivity contribution in [1.29, 1.82) is 0 Å². The molecule has 0 bridgehead atoms. The van der Waals surface area contributed by atoms with E-state index in [4.69, 9.17) is 4.74 Å². The van der Waals surface area contributed by atoms with Crippen molar-refractivity contribution in [2.45, 2.75) is 24.5 Å². The van der Waals surface area contributed by atoms with Crippen LogP contribution in [0.15, 0.2) is 12.4 Å². The summed E-state index contributed by atoms with van der Waals surface area (Å²) in [4.78, 5) is 0. The highest BCUT2D eigenvalue weighted by atomic mass is 32.2. The zero-order valence-corrected chi connectivity index (χ0v) is 9.90. The minimum atomic E-state index is 0.299. The fraction of sp³-hybridized carbons (Fsp3) is 0.800. The van der Waals surface area contributed by atoms with Crippen LogP contribution in [0.25, 0.3) is 0 Å². The Labute approximate surface area is 98.9 Å². The predicted molar refractivity (Wildman–Crippen MR) is 62.5 cm³/mol. The van der Waals surface area contributed by atoms with Crippen molar-refractivity contribution in [2.75, 3.05) is 24.7 Å². The summed E-state index contributed by atoms with van der Waals surface area (Å²) in [5.74, 6) is 2.50. The summed E-state index contributed by atoms with van der Waals surface area (Å²) in [7, 11) is 0. The van der Waals surface area contributed by atoms with Crippen LogP contribution in [0.5, 0.6) is 0 Å². The Kier molecular flexibility index (Phi) is 3.12. The number of aromatic nitrogens is 3. The maximum absolute atomic E-state index is 5.55. The van der Waals surface area contributed by atoms with Gasteiger partial charge in [-0.05, 0) is 12.2 Å². The summed E-state index contributed by atoms with van der Waals surface area (Å²) < 4.78 is 7.46. The Morgan fingerprint density at radius 3 is 3.19 bits per heavy atom. The summed E-state index contributed by atoms with van der Waals surface area (Å²) in [6, 6.07) is 1.32. The number of nitrogens with one attached hydrogen (secondary N) is 1. The van der Waals surface area contributed by atoms with E-state index in [9.17, 15) is 0 Å². The second-order valence-corrected chi connectivity index (χ2v) is 5.47. The van der Waals surface area contributed by atoms with Gasteiger partial charge in [-0.3, -0.25) is 0 Å². The molecule has 0 radical (unpaired) electrons. The van der Waals surface area contributed by atoms with Crippen LogP contribution in [0, 0.1) is 0 Å². The maximum Gasteiger partial charge on any atom is 0.0945 e. The smallest absolute Gasteiger partial charge is 0.0945 e. The minimum absolute atomic E-state index is 0.299. The van der Waals surface area contributed by atoms with Crippen LogP contribution in [0.1, 0.15) is 12.5 Å². The fourth-order valence-corrected chi connectivity index (χ4v) is 3.49. The van der Waals surface area contributed by atoms with E-state index in [0.717, 1.165) is 13.2 Å². The molecule has 16 heavy (non-hydrogen) atoms. The van der Waals surface area contributed by atoms with Gasteiger partial charge in [0, 0.05) is 18.0 Å². The predicted octanol–water partition coefficient (Wildman–Crippen LogP) is 0.313. The largest absolute Gasteiger partial charge is 0.377 e. The number of hydrogen-bond acceptors (Lipinski definition) is 5. The van der Waals surface area contributed by atoms with Crippen molar-refractivity contribution < 1.29 is 4.74 Å². The second kappa shape index (κ2) is 4.73. The normalized spacial score (nSPS) is 34.6. The molecule has 2 aliphatic rings. The maximum atomic E-state index is 5.55. The van der Waals surface area contributed by atoms with Gasteiger partial charge in [-0.25, -0.2) is 4.68 Å². The third kappa shape index (κ3) is 2.09. The summed E-state index contributed by atoms with van der Waals surface area (Å²) in [6.07, 6.45) is 4.91. The van der Waals surface area contributed by atoms with E-state index in [1.165, 1.54) is 17.9 Å². The molecule has 2 aliphatic heterocycles. The lowest BCUT2D eigenvalue weighted by atomic mass is 10.1. The Bertz CT molecular complexity index is 326. The van der Waals surface area contributed by atoms with E-state index in [-0.39, 0.29) is 0 Å². The quantitative estimate of drug-likeness (QED) is 0.824. The van der Waals surface area contributed by atoms with Gasteiger partial charge in [-0.2, -0.15) is 11.8 Å². The lowest BCUT2D eigenvalue weighted by Gasteiger charge is -2.22. The molecule has 2 saturated heterocycles. The van der Waals surface area contributed by atoms with Crippen molar-refractivity contribution in [3.63, 3.8) is 0 Å². The molecule has 88 valence electrons. The lowest BCUT2D eigenvalue weighted by Crippen LogP contribution is -2.43. The topological polar surface area (TPSA) is 52.0 Å². The summed E-state index contributed by atoms with van der Waals surface area (Å²) >= 11 is 2.03. The van der Waals surface area contributed by atoms with Crippen molar-refractivity contribution in [2.24, 2.45) is 0 Å². The molecule has 3 atom stereocenters. The van der Waals surface area contributed by atoms with Crippen LogP contribution in [-0.4, -0.2) is 51.8 Å². The van der Waals surface area contributed by atoms with E-state index in [2.05, 4.69) is 15.6 Å². The van der Waals surface area contributed by atoms with E-state index in [1.807, 2.05) is 22.6 Å². The van der Waals surface area contributed by atoms with Crippen LogP contribution >= 0.6 is 11.8 Å². The number of thioether (sulfide) groups is 1. The highest BCUT2D eigenvalue weighted by Gasteiger charge is 2.32. The lowest BCUT2D eigenvalue weighted by molar-refractivity contribution is 0.180. The molecular weight excluding hydrogens is 224 g/mol. The summed E-state index contributed by atoms with van der Waals surface area (Å²) in [5.41, 5.74) is 0. The van der Waals surface area contributed by atoms with Crippen molar-refractivity contribution in [3.05, 3.63) is 12.4 Å². The third-order valence-electron chi connectivity index (χ3n) is 3.21. The van der Waals surface area contributed by atoms with E-state index in [0.29, 0.717) is 18.1 Å². The van der Waals surface area contributed by atoms with Gasteiger partial charge in [-0.1, -0.05) is 5.21 Å². The molecule has 3 rings (SSSR count). The molecule has 1 aromatic heterocycles. The Balaban J connectivity index is 1.64. The number of rotatable bonds is 3. The SMILES string of the molecule is c1cn([C@@H]2COC[C@@H]2NC2CCSC2)nn1. The highest BCUT2D eigenvalue weighted by molar-refractivity contribution is 7.99. The minimum Gasteiger partial charge on any atom is -0.377 e. The van der Waals surface area contributed by atoms with Crippen molar-refractivity contribution in [3.8, 4) is 0 Å². The van der Waals surface area contributed by atoms with Crippen molar-refractivity contribution in [1.82, 2.24) is 20.3 Å². The van der Waals surface area contributed by atoms with Gasteiger partial charge >= 0.3 is 0 Å². The first kappa shape index (κ1) is 10.6. The van der Waals surface area contributed by atoms with Gasteiger partial charge < -0.3 is 10.1 Å². The summed E-state index contributed by atoms with van der Waals surface area (Å²) in [6.45, 7) is 1.52. The number of ether oxygens (including phenoxy) is 1. The van der Waals surface area contributed by atoms with Crippen LogP contribution in [0.4, 0.5) is 0 Å². The molecule has 1 unspecified atom stereocenters. The van der Waals surface area contributed by atoms with Gasteiger partial charge in [0.2, 0.25) is 0 Å². The van der Waals surface area contributed by atoms with Gasteiger partial charge in [0.1, 0.15) is 0 Å². The molecular formula is C10H16N4OS. The number of hydrogen-bond donors (Lipinski definition) is 1. The van der Waals surface area contributed by atoms with E-state index in [1.54, 1.807) is 6.20 Å². The fourth-order valence-electron chi connectivity index (χ4n) is 2.33. The van der Waals surface area contributed by atoms with E-state index < -0.39 is 0 Å². The third-order valence-corrected chi connectivity index (χ3v) is 4.37. The van der Waals surface area contributed by atoms with Crippen LogP contribution in [0.3, 0.4) is 0 Å². The van der Waals surface area contributed by atoms with Crippen LogP contribution in [-0.2, 0) is 4.74 Å². The zero-order chi connectivity index (χ0) is 10.8. The van der Waals surface area contributed by atoms with Gasteiger partial charge in [0.25, 0.3) is 0 Å². The molecule has 0 saturated carbocycles. The molecule has 0 amide bonds. The molecule has 3 heterocycles. The Morgan fingerprint density at radius 2 is 2.44 bits per heavy atom. The van der Waals surface area contributed by atoms with Gasteiger partial charge in [0.05, 0.1) is 31.5 Å². The average molecular weight is 240 g/mol. The second-order valence-electron chi connectivity index (χ2n) is 4.32. The molecule has 0 aliphatic carbocycles.